The predicted molar refractivity (Wildman–Crippen MR) is 554 cm³/mol. The van der Waals surface area contributed by atoms with Gasteiger partial charge in [0.15, 0.2) is 0 Å². The summed E-state index contributed by atoms with van der Waals surface area (Å²) in [6.45, 7) is 9.49. The molecule has 0 radical (unpaired) electrons. The van der Waals surface area contributed by atoms with Crippen LogP contribution >= 0.6 is 0 Å². The molecule has 27 rings (SSSR count). The zero-order valence-electron chi connectivity index (χ0n) is 73.6. The molecule has 25 aromatic rings. The molecule has 20 aromatic carbocycles. The molecule has 0 saturated carbocycles. The van der Waals surface area contributed by atoms with Crippen LogP contribution in [-0.2, 0) is 10.8 Å². The number of benzene rings is 20. The Labute approximate surface area is 768 Å². The van der Waals surface area contributed by atoms with Crippen LogP contribution in [-0.4, -0.2) is 9.13 Å². The Morgan fingerprint density at radius 3 is 1.25 bits per heavy atom. The monoisotopic (exact) mass is 1700 g/mol. The highest BCUT2D eigenvalue weighted by Gasteiger charge is 2.40. The summed E-state index contributed by atoms with van der Waals surface area (Å²) in [5.41, 5.74) is 41.5. The first-order valence-electron chi connectivity index (χ1n) is 46.0. The van der Waals surface area contributed by atoms with Gasteiger partial charge in [0.2, 0.25) is 0 Å². The second-order valence-corrected chi connectivity index (χ2v) is 37.0. The number of aromatic nitrogens is 2. The van der Waals surface area contributed by atoms with Crippen LogP contribution in [0.4, 0.5) is 34.1 Å². The van der Waals surface area contributed by atoms with E-state index in [0.29, 0.717) is 0 Å². The number of hydrogen-bond donors (Lipinski definition) is 0. The number of nitrogens with zero attached hydrogens (tertiary/aromatic N) is 4. The molecule has 5 aromatic heterocycles. The Balaban J connectivity index is 0.532. The zero-order valence-corrected chi connectivity index (χ0v) is 73.6. The van der Waals surface area contributed by atoms with Crippen LogP contribution < -0.4 is 9.80 Å². The molecule has 626 valence electrons. The van der Waals surface area contributed by atoms with Gasteiger partial charge in [0, 0.05) is 105 Å². The highest BCUT2D eigenvalue weighted by Crippen LogP contribution is 2.58. The molecule has 5 heterocycles. The molecule has 133 heavy (non-hydrogen) atoms. The first-order valence-corrected chi connectivity index (χ1v) is 46.0. The number of furan rings is 3. The van der Waals surface area contributed by atoms with Crippen molar-refractivity contribution in [1.29, 1.82) is 0 Å². The lowest BCUT2D eigenvalue weighted by molar-refractivity contribution is 0.660. The average molecular weight is 1700 g/mol. The lowest BCUT2D eigenvalue weighted by Crippen LogP contribution is -2.16. The molecule has 0 amide bonds. The highest BCUT2D eigenvalue weighted by molar-refractivity contribution is 6.18. The Kier molecular flexibility index (Phi) is 16.7. The highest BCUT2D eigenvalue weighted by atomic mass is 16.3. The van der Waals surface area contributed by atoms with Gasteiger partial charge in [0.25, 0.3) is 0 Å². The van der Waals surface area contributed by atoms with Gasteiger partial charge in [0.1, 0.15) is 33.5 Å². The van der Waals surface area contributed by atoms with Crippen molar-refractivity contribution in [2.24, 2.45) is 0 Å². The number of rotatable bonds is 14. The minimum absolute atomic E-state index is 0.227. The van der Waals surface area contributed by atoms with Gasteiger partial charge >= 0.3 is 0 Å². The van der Waals surface area contributed by atoms with Gasteiger partial charge in [-0.25, -0.2) is 0 Å². The summed E-state index contributed by atoms with van der Waals surface area (Å²) in [6.07, 6.45) is 0. The molecule has 7 heteroatoms. The van der Waals surface area contributed by atoms with E-state index in [1.54, 1.807) is 0 Å². The van der Waals surface area contributed by atoms with Crippen LogP contribution in [0.3, 0.4) is 0 Å². The first kappa shape index (κ1) is 76.1. The van der Waals surface area contributed by atoms with E-state index in [1.165, 1.54) is 99.2 Å². The van der Waals surface area contributed by atoms with E-state index in [1.807, 2.05) is 0 Å². The predicted octanol–water partition coefficient (Wildman–Crippen LogP) is 35.1. The Bertz CT molecular complexity index is 9120. The lowest BCUT2D eigenvalue weighted by atomic mass is 9.82. The van der Waals surface area contributed by atoms with Crippen LogP contribution in [0.15, 0.2) is 450 Å². The third kappa shape index (κ3) is 11.9. The maximum absolute atomic E-state index is 7.08. The molecule has 0 saturated heterocycles. The summed E-state index contributed by atoms with van der Waals surface area (Å²) < 4.78 is 25.5. The molecule has 7 nitrogen and oxygen atoms in total. The van der Waals surface area contributed by atoms with E-state index >= 15 is 0 Å². The SMILES string of the molecule is CC1(C)c2ccc(-c3ccc4oc5c(-c6ccc(N(c7cccc8c7-c7ccccc7C8(C)C)c7cccc8oc9ccc(-c%10ccc%11c(c%10)c%10ccccc%10n%11-c%10ccccc%10)cc9c78)cc6)cccc5c4c3)cc2-c2ccc(N(c3ccc(-c4ccc(-c5ccccc5)cc4)cc3)c3ccc4oc5ccc(-c6ccc7c(c6)c6ccccc6n7-c6ccccc6)cc5c4c3)cc21. The minimum Gasteiger partial charge on any atom is -0.456 e. The van der Waals surface area contributed by atoms with Gasteiger partial charge in [-0.1, -0.05) is 289 Å². The van der Waals surface area contributed by atoms with Gasteiger partial charge in [-0.05, 0) is 276 Å². The summed E-state index contributed by atoms with van der Waals surface area (Å²) in [5.74, 6) is 0. The smallest absolute Gasteiger partial charge is 0.143 e. The Morgan fingerprint density at radius 2 is 0.602 bits per heavy atom. The third-order valence-corrected chi connectivity index (χ3v) is 28.9. The standard InChI is InChI=1S/C126H84N4O3/c1-125(2)107-34-17-14-31-99(107)122-109(125)35-21-38-115(122)130(116-39-22-40-121-123(116)106-74-87(54-67-120(106)132-121)84-51-64-114-102(71-84)97-30-16-19-37-112(97)129(114)89-27-12-7-13-28-89)91-57-47-81(48-58-91)94-32-20-33-98-103-72-85(53-66-119(103)133-124(94)98)82-49-62-108-100(69-82)95-61-59-93(76-110(95)126(108,3)4)127(90-55-45-80(46-56-90)79-43-41-78(42-44-79)77-23-8-5-9-24-77)92-60-68-118-105(75-92)104-73-86(52-65-117(104)131-118)83-50-63-113-101(70-83)96-29-15-18-36-111(96)128(113)88-25-10-6-11-26-88/h5-76H,1-4H3. The topological polar surface area (TPSA) is 55.8 Å². The summed E-state index contributed by atoms with van der Waals surface area (Å²) in [4.78, 5) is 4.90. The van der Waals surface area contributed by atoms with E-state index in [2.05, 4.69) is 483 Å². The van der Waals surface area contributed by atoms with Crippen LogP contribution in [0.25, 0.3) is 210 Å². The second-order valence-electron chi connectivity index (χ2n) is 37.0. The third-order valence-electron chi connectivity index (χ3n) is 28.9. The van der Waals surface area contributed by atoms with Crippen molar-refractivity contribution in [1.82, 2.24) is 9.13 Å². The molecule has 0 atom stereocenters. The second kappa shape index (κ2) is 29.3. The fourth-order valence-corrected chi connectivity index (χ4v) is 22.4. The largest absolute Gasteiger partial charge is 0.456 e. The molecule has 0 spiro atoms. The maximum Gasteiger partial charge on any atom is 0.143 e. The van der Waals surface area contributed by atoms with E-state index in [-0.39, 0.29) is 10.8 Å². The molecular weight excluding hydrogens is 1620 g/mol. The molecule has 2 aliphatic carbocycles. The van der Waals surface area contributed by atoms with Gasteiger partial charge in [-0.15, -0.1) is 0 Å². The Morgan fingerprint density at radius 1 is 0.203 bits per heavy atom. The van der Waals surface area contributed by atoms with Crippen molar-refractivity contribution < 1.29 is 13.3 Å². The Hall–Kier alpha value is -17.0. The molecule has 0 unspecified atom stereocenters. The maximum atomic E-state index is 7.08. The van der Waals surface area contributed by atoms with Crippen molar-refractivity contribution in [3.8, 4) is 100 Å². The quantitative estimate of drug-likeness (QED) is 0.109. The van der Waals surface area contributed by atoms with Crippen LogP contribution in [0.2, 0.25) is 0 Å². The summed E-state index contributed by atoms with van der Waals surface area (Å²) in [6, 6.07) is 160. The fraction of sp³-hybridized carbons (Fsp3) is 0.0476. The van der Waals surface area contributed by atoms with Crippen molar-refractivity contribution in [3.05, 3.63) is 459 Å². The number of hydrogen-bond acceptors (Lipinski definition) is 5. The number of anilines is 6. The average Bonchev–Trinajstić information content (AvgIpc) is 0.733. The van der Waals surface area contributed by atoms with Crippen molar-refractivity contribution >= 4 is 144 Å². The van der Waals surface area contributed by atoms with Gasteiger partial charge in [-0.2, -0.15) is 0 Å². The molecule has 0 N–H and O–H groups in total. The van der Waals surface area contributed by atoms with Crippen LogP contribution in [0.5, 0.6) is 0 Å². The van der Waals surface area contributed by atoms with Crippen LogP contribution in [0, 0.1) is 0 Å². The minimum atomic E-state index is -0.330. The molecule has 2 aliphatic rings. The van der Waals surface area contributed by atoms with E-state index < -0.39 is 0 Å². The van der Waals surface area contributed by atoms with Crippen LogP contribution in [0.1, 0.15) is 49.9 Å². The van der Waals surface area contributed by atoms with Crippen molar-refractivity contribution in [2.75, 3.05) is 9.80 Å². The van der Waals surface area contributed by atoms with Crippen molar-refractivity contribution in [2.45, 2.75) is 38.5 Å². The lowest BCUT2D eigenvalue weighted by Gasteiger charge is -2.29. The molecular formula is C126H84N4O3. The first-order chi connectivity index (χ1) is 65.4. The number of fused-ring (bicyclic) bond motifs is 21. The van der Waals surface area contributed by atoms with Crippen molar-refractivity contribution in [3.63, 3.8) is 0 Å². The molecule has 0 aliphatic heterocycles. The van der Waals surface area contributed by atoms with E-state index in [9.17, 15) is 0 Å². The van der Waals surface area contributed by atoms with E-state index in [0.717, 1.165) is 167 Å². The summed E-state index contributed by atoms with van der Waals surface area (Å²) in [5, 5.41) is 11.2. The van der Waals surface area contributed by atoms with Gasteiger partial charge in [-0.3, -0.25) is 0 Å². The van der Waals surface area contributed by atoms with Gasteiger partial charge in [0.05, 0.1) is 38.8 Å². The zero-order chi connectivity index (χ0) is 88.1. The summed E-state index contributed by atoms with van der Waals surface area (Å²) >= 11 is 0. The van der Waals surface area contributed by atoms with Gasteiger partial charge < -0.3 is 32.2 Å². The van der Waals surface area contributed by atoms with E-state index in [4.69, 9.17) is 13.3 Å². The number of para-hydroxylation sites is 5. The summed E-state index contributed by atoms with van der Waals surface area (Å²) in [7, 11) is 0. The molecule has 0 bridgehead atoms. The molecule has 0 fully saturated rings. The fourth-order valence-electron chi connectivity index (χ4n) is 22.4. The normalized spacial score (nSPS) is 13.1.